The Balaban J connectivity index is 1.65. The van der Waals surface area contributed by atoms with Crippen molar-refractivity contribution in [2.75, 3.05) is 28.4 Å². The van der Waals surface area contributed by atoms with Crippen molar-refractivity contribution in [1.82, 2.24) is 10.3 Å². The first-order chi connectivity index (χ1) is 16.9. The van der Waals surface area contributed by atoms with Crippen LogP contribution in [0.15, 0.2) is 54.7 Å². The van der Waals surface area contributed by atoms with Crippen LogP contribution in [0, 0.1) is 0 Å². The quantitative estimate of drug-likeness (QED) is 0.331. The van der Waals surface area contributed by atoms with Gasteiger partial charge in [0.25, 0.3) is 5.91 Å². The molecule has 0 saturated carbocycles. The van der Waals surface area contributed by atoms with Gasteiger partial charge in [-0.25, -0.2) is 9.78 Å². The van der Waals surface area contributed by atoms with E-state index in [1.165, 1.54) is 39.7 Å². The van der Waals surface area contributed by atoms with E-state index in [4.69, 9.17) is 29.4 Å². The summed E-state index contributed by atoms with van der Waals surface area (Å²) in [6.07, 6.45) is 0.274. The van der Waals surface area contributed by atoms with E-state index < -0.39 is 12.2 Å². The van der Waals surface area contributed by atoms with Crippen molar-refractivity contribution in [2.24, 2.45) is 5.73 Å². The summed E-state index contributed by atoms with van der Waals surface area (Å²) in [5.41, 5.74) is 7.53. The fraction of sp³-hybridized carbons (Fsp3) is 0.240. The maximum absolute atomic E-state index is 12.6. The Kier molecular flexibility index (Phi) is 8.47. The van der Waals surface area contributed by atoms with Crippen LogP contribution in [0.5, 0.6) is 23.0 Å². The third-order valence-corrected chi connectivity index (χ3v) is 5.10. The Morgan fingerprint density at radius 1 is 0.857 bits per heavy atom. The molecule has 3 aromatic rings. The van der Waals surface area contributed by atoms with E-state index in [1.807, 2.05) is 6.07 Å². The lowest BCUT2D eigenvalue weighted by atomic mass is 10.1. The van der Waals surface area contributed by atoms with E-state index in [9.17, 15) is 9.59 Å². The van der Waals surface area contributed by atoms with Gasteiger partial charge < -0.3 is 29.0 Å². The number of pyridine rings is 1. The molecule has 3 N–H and O–H groups in total. The lowest BCUT2D eigenvalue weighted by Crippen LogP contribution is -2.24. The second-order valence-electron chi connectivity index (χ2n) is 7.24. The fourth-order valence-electron chi connectivity index (χ4n) is 3.23. The van der Waals surface area contributed by atoms with E-state index in [-0.39, 0.29) is 23.7 Å². The van der Waals surface area contributed by atoms with Crippen molar-refractivity contribution >= 4 is 11.9 Å². The Hall–Kier alpha value is -4.31. The number of amides is 1. The molecule has 35 heavy (non-hydrogen) atoms. The number of nitrogens with two attached hydrogens (primary N) is 1. The highest BCUT2D eigenvalue weighted by molar-refractivity contribution is 5.97. The molecule has 0 fully saturated rings. The Morgan fingerprint density at radius 2 is 1.49 bits per heavy atom. The molecule has 0 aliphatic carbocycles. The number of methoxy groups -OCH3 is 4. The molecule has 10 heteroatoms. The van der Waals surface area contributed by atoms with Gasteiger partial charge in [0, 0.05) is 23.9 Å². The molecule has 0 bridgehead atoms. The van der Waals surface area contributed by atoms with Gasteiger partial charge in [0.15, 0.2) is 29.2 Å². The van der Waals surface area contributed by atoms with Gasteiger partial charge in [0.1, 0.15) is 5.69 Å². The maximum atomic E-state index is 12.6. The minimum Gasteiger partial charge on any atom is -0.493 e. The van der Waals surface area contributed by atoms with Gasteiger partial charge in [-0.1, -0.05) is 6.07 Å². The number of nitrogens with one attached hydrogen (secondary N) is 1. The van der Waals surface area contributed by atoms with Crippen molar-refractivity contribution < 1.29 is 33.3 Å². The normalized spacial score (nSPS) is 11.2. The summed E-state index contributed by atoms with van der Waals surface area (Å²) in [5.74, 6) is 0.943. The molecular weight excluding hydrogens is 454 g/mol. The number of rotatable bonds is 10. The number of benzene rings is 2. The number of esters is 1. The number of hydrogen-bond acceptors (Lipinski definition) is 9. The second kappa shape index (κ2) is 11.7. The number of carbonyl (C=O) groups excluding carboxylic acids is 2. The highest BCUT2D eigenvalue weighted by Gasteiger charge is 2.19. The van der Waals surface area contributed by atoms with Crippen LogP contribution >= 0.6 is 0 Å². The zero-order valence-electron chi connectivity index (χ0n) is 19.9. The number of ether oxygens (including phenoxy) is 5. The SMILES string of the molecule is COc1ccc(CNC(=O)c2ccnc(C(=O)OC(N)c3ccc(OC)c(OC)c3)c2)cc1OC. The topological polar surface area (TPSA) is 131 Å². The number of carbonyl (C=O) groups is 2. The minimum absolute atomic E-state index is 0.0558. The number of nitrogens with zero attached hydrogens (tertiary/aromatic N) is 1. The molecule has 0 saturated heterocycles. The van der Waals surface area contributed by atoms with Gasteiger partial charge >= 0.3 is 5.97 Å². The summed E-state index contributed by atoms with van der Waals surface area (Å²) in [7, 11) is 6.09. The van der Waals surface area contributed by atoms with Gasteiger partial charge in [-0.3, -0.25) is 10.5 Å². The predicted octanol–water partition coefficient (Wildman–Crippen LogP) is 2.86. The second-order valence-corrected chi connectivity index (χ2v) is 7.24. The van der Waals surface area contributed by atoms with E-state index in [1.54, 1.807) is 37.4 Å². The highest BCUT2D eigenvalue weighted by Crippen LogP contribution is 2.30. The van der Waals surface area contributed by atoms with Gasteiger partial charge in [0.2, 0.25) is 0 Å². The number of aromatic nitrogens is 1. The molecule has 184 valence electrons. The molecular formula is C25H27N3O7. The van der Waals surface area contributed by atoms with E-state index in [2.05, 4.69) is 10.3 Å². The molecule has 0 aliphatic heterocycles. The summed E-state index contributed by atoms with van der Waals surface area (Å²) >= 11 is 0. The lowest BCUT2D eigenvalue weighted by molar-refractivity contribution is 0.0304. The minimum atomic E-state index is -1.08. The van der Waals surface area contributed by atoms with Crippen molar-refractivity contribution in [3.63, 3.8) is 0 Å². The van der Waals surface area contributed by atoms with Gasteiger partial charge in [-0.15, -0.1) is 0 Å². The average molecular weight is 482 g/mol. The van der Waals surface area contributed by atoms with E-state index in [0.717, 1.165) is 5.56 Å². The summed E-state index contributed by atoms with van der Waals surface area (Å²) in [4.78, 5) is 29.3. The van der Waals surface area contributed by atoms with Crippen LogP contribution in [0.4, 0.5) is 0 Å². The van der Waals surface area contributed by atoms with Crippen LogP contribution in [0.3, 0.4) is 0 Å². The van der Waals surface area contributed by atoms with Crippen LogP contribution < -0.4 is 30.0 Å². The van der Waals surface area contributed by atoms with Gasteiger partial charge in [-0.2, -0.15) is 0 Å². The van der Waals surface area contributed by atoms with E-state index in [0.29, 0.717) is 28.6 Å². The Labute approximate surface area is 202 Å². The molecule has 2 aromatic carbocycles. The summed E-state index contributed by atoms with van der Waals surface area (Å²) in [6, 6.07) is 13.1. The van der Waals surface area contributed by atoms with Crippen molar-refractivity contribution in [2.45, 2.75) is 12.8 Å². The first-order valence-corrected chi connectivity index (χ1v) is 10.5. The molecule has 0 spiro atoms. The highest BCUT2D eigenvalue weighted by atomic mass is 16.6. The van der Waals surface area contributed by atoms with Crippen molar-refractivity contribution in [3.8, 4) is 23.0 Å². The Bertz CT molecular complexity index is 1200. The standard InChI is InChI=1S/C25H27N3O7/c1-31-19-7-5-15(11-21(19)33-3)14-28-24(29)17-9-10-27-18(12-17)25(30)35-23(26)16-6-8-20(32-2)22(13-16)34-4/h5-13,23H,14,26H2,1-4H3,(H,28,29). The predicted molar refractivity (Wildman–Crippen MR) is 127 cm³/mol. The molecule has 0 aliphatic rings. The summed E-state index contributed by atoms with van der Waals surface area (Å²) < 4.78 is 26.3. The first-order valence-electron chi connectivity index (χ1n) is 10.5. The summed E-state index contributed by atoms with van der Waals surface area (Å²) in [6.45, 7) is 0.242. The fourth-order valence-corrected chi connectivity index (χ4v) is 3.23. The number of hydrogen-bond donors (Lipinski definition) is 2. The third-order valence-electron chi connectivity index (χ3n) is 5.10. The van der Waals surface area contributed by atoms with Crippen LogP contribution in [0.2, 0.25) is 0 Å². The van der Waals surface area contributed by atoms with Crippen LogP contribution in [-0.4, -0.2) is 45.3 Å². The van der Waals surface area contributed by atoms with Crippen LogP contribution in [0.1, 0.15) is 38.2 Å². The van der Waals surface area contributed by atoms with Crippen LogP contribution in [0.25, 0.3) is 0 Å². The first kappa shape index (κ1) is 25.3. The van der Waals surface area contributed by atoms with Crippen molar-refractivity contribution in [1.29, 1.82) is 0 Å². The molecule has 1 atom stereocenters. The molecule has 1 aromatic heterocycles. The molecule has 1 amide bonds. The molecule has 1 heterocycles. The van der Waals surface area contributed by atoms with E-state index >= 15 is 0 Å². The van der Waals surface area contributed by atoms with Crippen molar-refractivity contribution in [3.05, 3.63) is 77.1 Å². The molecule has 10 nitrogen and oxygen atoms in total. The largest absolute Gasteiger partial charge is 0.493 e. The van der Waals surface area contributed by atoms with Gasteiger partial charge in [0.05, 0.1) is 28.4 Å². The Morgan fingerprint density at radius 3 is 2.14 bits per heavy atom. The molecule has 0 radical (unpaired) electrons. The molecule has 3 rings (SSSR count). The maximum Gasteiger partial charge on any atom is 0.358 e. The smallest absolute Gasteiger partial charge is 0.358 e. The zero-order chi connectivity index (χ0) is 25.4. The third kappa shape index (κ3) is 6.18. The molecule has 1 unspecified atom stereocenters. The summed E-state index contributed by atoms with van der Waals surface area (Å²) in [5, 5.41) is 2.79. The monoisotopic (exact) mass is 481 g/mol. The zero-order valence-corrected chi connectivity index (χ0v) is 19.9. The van der Waals surface area contributed by atoms with Gasteiger partial charge in [-0.05, 0) is 48.0 Å². The lowest BCUT2D eigenvalue weighted by Gasteiger charge is -2.15. The van der Waals surface area contributed by atoms with Crippen LogP contribution in [-0.2, 0) is 11.3 Å². The average Bonchev–Trinajstić information content (AvgIpc) is 2.90.